The predicted octanol–water partition coefficient (Wildman–Crippen LogP) is 3.28. The Hall–Kier alpha value is -3.21. The van der Waals surface area contributed by atoms with Crippen LogP contribution in [0.4, 0.5) is 17.6 Å². The zero-order chi connectivity index (χ0) is 22.2. The molecular formula is C20H19F4N5O2. The number of alkyl halides is 3. The highest BCUT2D eigenvalue weighted by atomic mass is 19.4. The molecule has 1 aromatic carbocycles. The van der Waals surface area contributed by atoms with E-state index in [0.29, 0.717) is 30.1 Å². The molecule has 1 fully saturated rings. The van der Waals surface area contributed by atoms with E-state index in [2.05, 4.69) is 10.3 Å². The summed E-state index contributed by atoms with van der Waals surface area (Å²) in [4.78, 5) is 16.3. The lowest BCUT2D eigenvalue weighted by atomic mass is 10.1. The summed E-state index contributed by atoms with van der Waals surface area (Å²) in [6, 6.07) is 6.78. The van der Waals surface area contributed by atoms with Gasteiger partial charge in [-0.15, -0.1) is 0 Å². The van der Waals surface area contributed by atoms with Gasteiger partial charge in [-0.2, -0.15) is 18.3 Å². The van der Waals surface area contributed by atoms with E-state index in [-0.39, 0.29) is 18.8 Å². The number of halogens is 4. The lowest BCUT2D eigenvalue weighted by molar-refractivity contribution is -0.143. The van der Waals surface area contributed by atoms with Crippen molar-refractivity contribution in [2.45, 2.75) is 19.6 Å². The molecule has 1 aliphatic heterocycles. The molecule has 11 heteroatoms. The fraction of sp³-hybridized carbons (Fsp3) is 0.350. The number of amides is 1. The van der Waals surface area contributed by atoms with Crippen LogP contribution in [0.15, 0.2) is 41.1 Å². The number of hydrogen-bond donors (Lipinski definition) is 0. The molecule has 0 radical (unpaired) electrons. The van der Waals surface area contributed by atoms with Crippen LogP contribution in [0.25, 0.3) is 5.69 Å². The van der Waals surface area contributed by atoms with E-state index in [0.717, 1.165) is 18.0 Å². The Kier molecular flexibility index (Phi) is 5.52. The standard InChI is InChI=1S/C20H19F4N5O2/c1-13-10-14(31-26-13)12-27-6-8-28(9-7-27)19(30)15-11-25-29(18(15)20(22,23)24)17-5-3-2-4-16(17)21/h2-5,10-11H,6-9,12H2,1H3. The van der Waals surface area contributed by atoms with Gasteiger partial charge in [-0.05, 0) is 19.1 Å². The maximum Gasteiger partial charge on any atom is 0.434 e. The smallest absolute Gasteiger partial charge is 0.360 e. The Morgan fingerprint density at radius 1 is 1.16 bits per heavy atom. The molecule has 3 heterocycles. The molecule has 0 bridgehead atoms. The second-order valence-corrected chi connectivity index (χ2v) is 7.27. The van der Waals surface area contributed by atoms with E-state index >= 15 is 0 Å². The molecule has 0 spiro atoms. The maximum absolute atomic E-state index is 14.1. The number of aryl methyl sites for hydroxylation is 1. The third-order valence-corrected chi connectivity index (χ3v) is 5.06. The minimum Gasteiger partial charge on any atom is -0.360 e. The van der Waals surface area contributed by atoms with Gasteiger partial charge < -0.3 is 9.42 Å². The van der Waals surface area contributed by atoms with Gasteiger partial charge in [0, 0.05) is 32.2 Å². The van der Waals surface area contributed by atoms with Gasteiger partial charge in [0.15, 0.2) is 11.5 Å². The molecule has 1 saturated heterocycles. The van der Waals surface area contributed by atoms with Crippen LogP contribution in [-0.4, -0.2) is 56.8 Å². The van der Waals surface area contributed by atoms with E-state index in [1.165, 1.54) is 23.1 Å². The van der Waals surface area contributed by atoms with Gasteiger partial charge >= 0.3 is 6.18 Å². The number of rotatable bonds is 4. The molecule has 164 valence electrons. The molecule has 1 aliphatic rings. The maximum atomic E-state index is 14.1. The van der Waals surface area contributed by atoms with E-state index in [1.807, 2.05) is 17.9 Å². The van der Waals surface area contributed by atoms with Crippen LogP contribution in [0.3, 0.4) is 0 Å². The second kappa shape index (κ2) is 8.14. The number of hydrogen-bond acceptors (Lipinski definition) is 5. The average molecular weight is 437 g/mol. The largest absolute Gasteiger partial charge is 0.434 e. The normalized spacial score (nSPS) is 15.5. The summed E-state index contributed by atoms with van der Waals surface area (Å²) in [5.74, 6) is -0.973. The third kappa shape index (κ3) is 4.31. The van der Waals surface area contributed by atoms with Gasteiger partial charge in [-0.25, -0.2) is 9.07 Å². The average Bonchev–Trinajstić information content (AvgIpc) is 3.34. The first-order valence-electron chi connectivity index (χ1n) is 9.58. The van der Waals surface area contributed by atoms with Crippen LogP contribution in [0.5, 0.6) is 0 Å². The number of carbonyl (C=O) groups excluding carboxylic acids is 1. The van der Waals surface area contributed by atoms with Gasteiger partial charge in [0.05, 0.1) is 24.0 Å². The van der Waals surface area contributed by atoms with Gasteiger partial charge in [-0.3, -0.25) is 9.69 Å². The van der Waals surface area contributed by atoms with Crippen molar-refractivity contribution in [2.75, 3.05) is 26.2 Å². The summed E-state index contributed by atoms with van der Waals surface area (Å²) in [6.45, 7) is 3.73. The molecule has 0 aliphatic carbocycles. The number of para-hydroxylation sites is 1. The van der Waals surface area contributed by atoms with E-state index in [1.54, 1.807) is 0 Å². The Bertz CT molecular complexity index is 1080. The molecule has 4 rings (SSSR count). The number of carbonyl (C=O) groups is 1. The molecular weight excluding hydrogens is 418 g/mol. The molecule has 0 saturated carbocycles. The molecule has 0 unspecified atom stereocenters. The molecule has 31 heavy (non-hydrogen) atoms. The SMILES string of the molecule is Cc1cc(CN2CCN(C(=O)c3cnn(-c4ccccc4F)c3C(F)(F)F)CC2)on1. The van der Waals surface area contributed by atoms with Crippen molar-refractivity contribution in [3.63, 3.8) is 0 Å². The lowest BCUT2D eigenvalue weighted by Crippen LogP contribution is -2.48. The van der Waals surface area contributed by atoms with E-state index < -0.39 is 29.2 Å². The highest BCUT2D eigenvalue weighted by Crippen LogP contribution is 2.34. The summed E-state index contributed by atoms with van der Waals surface area (Å²) < 4.78 is 61.2. The van der Waals surface area contributed by atoms with Crippen LogP contribution in [0.1, 0.15) is 27.5 Å². The molecule has 0 atom stereocenters. The van der Waals surface area contributed by atoms with Crippen LogP contribution in [-0.2, 0) is 12.7 Å². The van der Waals surface area contributed by atoms with Crippen molar-refractivity contribution in [2.24, 2.45) is 0 Å². The van der Waals surface area contributed by atoms with E-state index in [9.17, 15) is 22.4 Å². The number of piperazine rings is 1. The fourth-order valence-electron chi connectivity index (χ4n) is 3.57. The summed E-state index contributed by atoms with van der Waals surface area (Å²) in [6.07, 6.45) is -4.04. The summed E-state index contributed by atoms with van der Waals surface area (Å²) in [5, 5.41) is 7.50. The minimum absolute atomic E-state index is 0.244. The Balaban J connectivity index is 1.53. The van der Waals surface area contributed by atoms with Crippen molar-refractivity contribution < 1.29 is 26.9 Å². The monoisotopic (exact) mass is 437 g/mol. The topological polar surface area (TPSA) is 67.4 Å². The van der Waals surface area contributed by atoms with Gasteiger partial charge in [0.1, 0.15) is 11.5 Å². The minimum atomic E-state index is -4.89. The van der Waals surface area contributed by atoms with Gasteiger partial charge in [0.2, 0.25) is 0 Å². The fourth-order valence-corrected chi connectivity index (χ4v) is 3.57. The second-order valence-electron chi connectivity index (χ2n) is 7.27. The number of nitrogens with zero attached hydrogens (tertiary/aromatic N) is 5. The number of benzene rings is 1. The summed E-state index contributed by atoms with van der Waals surface area (Å²) in [5.41, 5.74) is -1.51. The zero-order valence-corrected chi connectivity index (χ0v) is 16.6. The van der Waals surface area contributed by atoms with E-state index in [4.69, 9.17) is 4.52 Å². The quantitative estimate of drug-likeness (QED) is 0.586. The van der Waals surface area contributed by atoms with Crippen LogP contribution >= 0.6 is 0 Å². The Morgan fingerprint density at radius 3 is 2.48 bits per heavy atom. The predicted molar refractivity (Wildman–Crippen MR) is 101 cm³/mol. The molecule has 7 nitrogen and oxygen atoms in total. The Labute approximate surface area is 174 Å². The van der Waals surface area contributed by atoms with Crippen LogP contribution in [0.2, 0.25) is 0 Å². The van der Waals surface area contributed by atoms with Crippen molar-refractivity contribution >= 4 is 5.91 Å². The summed E-state index contributed by atoms with van der Waals surface area (Å²) in [7, 11) is 0. The molecule has 0 N–H and O–H groups in total. The highest BCUT2D eigenvalue weighted by Gasteiger charge is 2.42. The van der Waals surface area contributed by atoms with Crippen LogP contribution < -0.4 is 0 Å². The lowest BCUT2D eigenvalue weighted by Gasteiger charge is -2.34. The van der Waals surface area contributed by atoms with Gasteiger partial charge in [0.25, 0.3) is 5.91 Å². The number of aromatic nitrogens is 3. The van der Waals surface area contributed by atoms with Crippen molar-refractivity contribution in [1.29, 1.82) is 0 Å². The first kappa shape index (κ1) is 21.0. The Morgan fingerprint density at radius 2 is 1.87 bits per heavy atom. The molecule has 3 aromatic rings. The zero-order valence-electron chi connectivity index (χ0n) is 16.6. The van der Waals surface area contributed by atoms with Crippen molar-refractivity contribution in [3.8, 4) is 5.69 Å². The first-order chi connectivity index (χ1) is 14.7. The van der Waals surface area contributed by atoms with Crippen molar-refractivity contribution in [1.82, 2.24) is 24.7 Å². The first-order valence-corrected chi connectivity index (χ1v) is 9.58. The van der Waals surface area contributed by atoms with Crippen LogP contribution in [0, 0.1) is 12.7 Å². The van der Waals surface area contributed by atoms with Crippen molar-refractivity contribution in [3.05, 3.63) is 65.1 Å². The molecule has 1 amide bonds. The highest BCUT2D eigenvalue weighted by molar-refractivity contribution is 5.95. The molecule has 2 aromatic heterocycles. The summed E-state index contributed by atoms with van der Waals surface area (Å²) >= 11 is 0. The third-order valence-electron chi connectivity index (χ3n) is 5.06. The van der Waals surface area contributed by atoms with Gasteiger partial charge in [-0.1, -0.05) is 17.3 Å².